The van der Waals surface area contributed by atoms with Gasteiger partial charge in [0.25, 0.3) is 0 Å². The third-order valence-electron chi connectivity index (χ3n) is 7.54. The van der Waals surface area contributed by atoms with Gasteiger partial charge in [0.2, 0.25) is 5.87 Å². The Morgan fingerprint density at radius 3 is 1.45 bits per heavy atom. The molecule has 0 aliphatic carbocycles. The van der Waals surface area contributed by atoms with Crippen molar-refractivity contribution >= 4 is 29.4 Å². The zero-order valence-corrected chi connectivity index (χ0v) is 19.7. The van der Waals surface area contributed by atoms with E-state index in [1.807, 2.05) is 0 Å². The fraction of sp³-hybridized carbons (Fsp3) is 0.333. The van der Waals surface area contributed by atoms with Gasteiger partial charge in [0, 0.05) is 16.5 Å². The maximum absolute atomic E-state index is 2.51. The molecule has 0 aromatic heterocycles. The highest BCUT2D eigenvalue weighted by atomic mass is 31.2. The van der Waals surface area contributed by atoms with Crippen LogP contribution < -0.4 is 16.4 Å². The first kappa shape index (κ1) is 20.4. The van der Waals surface area contributed by atoms with Crippen LogP contribution in [0.15, 0.2) is 84.9 Å². The fourth-order valence-corrected chi connectivity index (χ4v) is 15.4. The molecule has 0 saturated heterocycles. The van der Waals surface area contributed by atoms with Gasteiger partial charge in [-0.3, -0.25) is 0 Å². The summed E-state index contributed by atoms with van der Waals surface area (Å²) in [5, 5.41) is 0.436. The molecule has 1 aliphatic rings. The van der Waals surface area contributed by atoms with E-state index in [-0.39, 0.29) is 10.3 Å². The van der Waals surface area contributed by atoms with E-state index in [1.54, 1.807) is 11.0 Å². The van der Waals surface area contributed by atoms with Gasteiger partial charge in [0.1, 0.15) is 0 Å². The summed E-state index contributed by atoms with van der Waals surface area (Å²) >= 11 is 0. The number of hydrogen-bond acceptors (Lipinski definition) is 0. The average Bonchev–Trinajstić information content (AvgIpc) is 3.02. The Kier molecular flexibility index (Phi) is 4.83. The van der Waals surface area contributed by atoms with Crippen LogP contribution in [0.1, 0.15) is 47.1 Å². The Balaban J connectivity index is 2.26. The molecule has 4 rings (SSSR count). The smallest absolute Gasteiger partial charge is 0.157 e. The van der Waals surface area contributed by atoms with Crippen molar-refractivity contribution in [2.24, 2.45) is 0 Å². The molecule has 1 heterocycles. The van der Waals surface area contributed by atoms with Crippen LogP contribution in [0.3, 0.4) is 0 Å². The van der Waals surface area contributed by atoms with Crippen molar-refractivity contribution in [3.63, 3.8) is 0 Å². The number of rotatable bonds is 2. The van der Waals surface area contributed by atoms with E-state index in [9.17, 15) is 0 Å². The molecule has 2 heteroatoms. The van der Waals surface area contributed by atoms with Gasteiger partial charge in [-0.2, -0.15) is 16.4 Å². The molecule has 3 aromatic carbocycles. The lowest BCUT2D eigenvalue weighted by Gasteiger charge is -2.61. The predicted molar refractivity (Wildman–Crippen MR) is 134 cm³/mol. The molecule has 0 atom stereocenters. The Hall–Kier alpha value is -1.85. The van der Waals surface area contributed by atoms with Crippen molar-refractivity contribution in [2.75, 3.05) is 0 Å². The fourth-order valence-electron chi connectivity index (χ4n) is 6.89. The summed E-state index contributed by atoms with van der Waals surface area (Å²) in [7, 11) is -1.62. The summed E-state index contributed by atoms with van der Waals surface area (Å²) in [6.07, 6.45) is 1.22. The molecule has 0 N–H and O–H groups in total. The Morgan fingerprint density at radius 2 is 1.00 bits per heavy atom. The van der Waals surface area contributed by atoms with Crippen LogP contribution in [0, 0.1) is 0 Å². The first-order chi connectivity index (χ1) is 13.7. The summed E-state index contributed by atoms with van der Waals surface area (Å²) in [6.45, 7) is 15.1. The zero-order valence-electron chi connectivity index (χ0n) is 18.8. The molecule has 150 valence electrons. The first-order valence-electron chi connectivity index (χ1n) is 10.9. The average molecular weight is 400 g/mol. The van der Waals surface area contributed by atoms with E-state index in [2.05, 4.69) is 126 Å². The van der Waals surface area contributed by atoms with Crippen molar-refractivity contribution in [2.45, 2.75) is 58.0 Å². The summed E-state index contributed by atoms with van der Waals surface area (Å²) in [5.74, 6) is -1.06. The zero-order chi connectivity index (χ0) is 20.9. The maximum atomic E-state index is 2.51. The SMILES string of the molecule is CC(C)(C)[P+]1(C(C)(C)C)Cc2ccccc2[B-]1(c1ccccc1)c1ccccc1. The van der Waals surface area contributed by atoms with Gasteiger partial charge in [0.05, 0.1) is 0 Å². The minimum atomic E-state index is -1.62. The topological polar surface area (TPSA) is 0 Å². The lowest BCUT2D eigenvalue weighted by molar-refractivity contribution is 0.696. The Morgan fingerprint density at radius 1 is 0.586 bits per heavy atom. The molecular weight excluding hydrogens is 366 g/mol. The van der Waals surface area contributed by atoms with Crippen LogP contribution in [0.5, 0.6) is 0 Å². The lowest BCUT2D eigenvalue weighted by atomic mass is 9.34. The number of hydrogen-bond donors (Lipinski definition) is 0. The minimum absolute atomic E-state index is 0.218. The third-order valence-corrected chi connectivity index (χ3v) is 15.4. The van der Waals surface area contributed by atoms with Crippen LogP contribution in [-0.2, 0) is 6.16 Å². The van der Waals surface area contributed by atoms with Crippen LogP contribution in [0.2, 0.25) is 0 Å². The van der Waals surface area contributed by atoms with Crippen LogP contribution >= 0.6 is 7.14 Å². The van der Waals surface area contributed by atoms with Gasteiger partial charge in [-0.15, -0.1) is 7.14 Å². The molecule has 29 heavy (non-hydrogen) atoms. The molecule has 0 bridgehead atoms. The number of fused-ring (bicyclic) bond motifs is 1. The van der Waals surface area contributed by atoms with Gasteiger partial charge in [-0.1, -0.05) is 84.9 Å². The maximum Gasteiger partial charge on any atom is 0.248 e. The second-order valence-electron chi connectivity index (χ2n) is 10.7. The van der Waals surface area contributed by atoms with E-state index in [4.69, 9.17) is 0 Å². The summed E-state index contributed by atoms with van der Waals surface area (Å²) in [6, 6.07) is 32.2. The molecule has 0 saturated carbocycles. The monoisotopic (exact) mass is 400 g/mol. The molecule has 0 spiro atoms. The molecule has 0 amide bonds. The van der Waals surface area contributed by atoms with Crippen molar-refractivity contribution in [1.82, 2.24) is 0 Å². The third kappa shape index (κ3) is 2.70. The van der Waals surface area contributed by atoms with E-state index >= 15 is 0 Å². The van der Waals surface area contributed by atoms with Crippen LogP contribution in [0.25, 0.3) is 0 Å². The predicted octanol–water partition coefficient (Wildman–Crippen LogP) is 5.78. The van der Waals surface area contributed by atoms with Gasteiger partial charge in [0.15, 0.2) is 0 Å². The standard InChI is InChI=1S/C27H34BP/c1-26(2,3)29(27(4,5)6)21-22-15-13-14-20-25(22)28(29,23-16-9-7-10-17-23)24-18-11-8-12-19-24/h7-20H,21H2,1-6H3. The molecule has 1 aliphatic heterocycles. The molecule has 0 fully saturated rings. The summed E-state index contributed by atoms with van der Waals surface area (Å²) < 4.78 is 0. The number of benzene rings is 3. The normalized spacial score (nSPS) is 17.7. The van der Waals surface area contributed by atoms with Gasteiger partial charge in [-0.05, 0) is 47.1 Å². The van der Waals surface area contributed by atoms with Gasteiger partial charge >= 0.3 is 0 Å². The molecule has 0 unspecified atom stereocenters. The summed E-state index contributed by atoms with van der Waals surface area (Å²) in [5.41, 5.74) is 6.19. The van der Waals surface area contributed by atoms with Crippen molar-refractivity contribution < 1.29 is 0 Å². The highest BCUT2D eigenvalue weighted by molar-refractivity contribution is 8.15. The van der Waals surface area contributed by atoms with Crippen LogP contribution in [-0.4, -0.2) is 16.2 Å². The van der Waals surface area contributed by atoms with Crippen LogP contribution in [0.4, 0.5) is 0 Å². The Bertz CT molecular complexity index is 940. The van der Waals surface area contributed by atoms with Crippen molar-refractivity contribution in [3.8, 4) is 0 Å². The van der Waals surface area contributed by atoms with E-state index in [0.717, 1.165) is 0 Å². The largest absolute Gasteiger partial charge is 0.248 e. The minimum Gasteiger partial charge on any atom is -0.157 e. The second kappa shape index (κ2) is 6.85. The lowest BCUT2D eigenvalue weighted by Crippen LogP contribution is -2.70. The highest BCUT2D eigenvalue weighted by Gasteiger charge is 2.69. The van der Waals surface area contributed by atoms with Crippen molar-refractivity contribution in [1.29, 1.82) is 0 Å². The van der Waals surface area contributed by atoms with Crippen molar-refractivity contribution in [3.05, 3.63) is 90.5 Å². The molecule has 3 aromatic rings. The van der Waals surface area contributed by atoms with E-state index < -0.39 is 13.0 Å². The first-order valence-corrected chi connectivity index (χ1v) is 12.9. The van der Waals surface area contributed by atoms with Gasteiger partial charge in [-0.25, -0.2) is 0 Å². The quantitative estimate of drug-likeness (QED) is 0.378. The van der Waals surface area contributed by atoms with Gasteiger partial charge < -0.3 is 0 Å². The molecular formula is C27H34BP. The Labute approximate surface area is 178 Å². The highest BCUT2D eigenvalue weighted by Crippen LogP contribution is 2.84. The molecule has 0 nitrogen and oxygen atoms in total. The van der Waals surface area contributed by atoms with E-state index in [0.29, 0.717) is 0 Å². The van der Waals surface area contributed by atoms with E-state index in [1.165, 1.54) is 17.1 Å². The second-order valence-corrected chi connectivity index (χ2v) is 16.2. The summed E-state index contributed by atoms with van der Waals surface area (Å²) in [4.78, 5) is 0. The molecule has 0 radical (unpaired) electrons.